The monoisotopic (exact) mass is 959 g/mol. The molecule has 1 amide bonds. The van der Waals surface area contributed by atoms with Gasteiger partial charge in [-0.1, -0.05) is 132 Å². The molecule has 3 aromatic carbocycles. The number of aryl methyl sites for hydroxylation is 2. The van der Waals surface area contributed by atoms with Crippen LogP contribution in [0.2, 0.25) is 0 Å². The minimum absolute atomic E-state index is 0.0896. The van der Waals surface area contributed by atoms with E-state index in [-0.39, 0.29) is 33.1 Å². The van der Waals surface area contributed by atoms with Crippen LogP contribution in [0.4, 0.5) is 0 Å². The summed E-state index contributed by atoms with van der Waals surface area (Å²) in [4.78, 5) is 17.8. The second-order valence-corrected chi connectivity index (χ2v) is 25.2. The Labute approximate surface area is 423 Å². The van der Waals surface area contributed by atoms with E-state index in [1.54, 1.807) is 6.92 Å². The summed E-state index contributed by atoms with van der Waals surface area (Å²) in [7, 11) is 1.94. The average molecular weight is 959 g/mol. The lowest BCUT2D eigenvalue weighted by molar-refractivity contribution is -0.134. The first-order valence-corrected chi connectivity index (χ1v) is 26.2. The minimum atomic E-state index is 0.0896. The summed E-state index contributed by atoms with van der Waals surface area (Å²) >= 11 is 0. The summed E-state index contributed by atoms with van der Waals surface area (Å²) in [5.74, 6) is 0.146. The molecule has 1 saturated heterocycles. The molecule has 0 N–H and O–H groups in total. The van der Waals surface area contributed by atoms with E-state index in [1.807, 2.05) is 42.1 Å². The molecule has 0 radical (unpaired) electrons. The van der Waals surface area contributed by atoms with Crippen LogP contribution < -0.4 is 0 Å². The van der Waals surface area contributed by atoms with Gasteiger partial charge in [-0.2, -0.15) is 20.4 Å². The highest BCUT2D eigenvalue weighted by Crippen LogP contribution is 2.41. The highest BCUT2D eigenvalue weighted by molar-refractivity contribution is 5.82. The van der Waals surface area contributed by atoms with E-state index in [0.29, 0.717) is 12.1 Å². The number of hydrogen-bond acceptors (Lipinski definition) is 6. The zero-order valence-electron chi connectivity index (χ0n) is 46.0. The van der Waals surface area contributed by atoms with Crippen molar-refractivity contribution < 1.29 is 4.79 Å². The van der Waals surface area contributed by atoms with Gasteiger partial charge in [0.05, 0.1) is 58.5 Å². The van der Waals surface area contributed by atoms with Crippen LogP contribution >= 0.6 is 0 Å². The smallest absolute Gasteiger partial charge is 0.219 e. The van der Waals surface area contributed by atoms with Crippen molar-refractivity contribution in [1.82, 2.24) is 49.0 Å². The van der Waals surface area contributed by atoms with Crippen molar-refractivity contribution in [3.8, 4) is 0 Å². The number of carbonyl (C=O) groups is 1. The van der Waals surface area contributed by atoms with Gasteiger partial charge in [0.1, 0.15) is 0 Å². The van der Waals surface area contributed by atoms with Gasteiger partial charge in [-0.25, -0.2) is 4.98 Å². The van der Waals surface area contributed by atoms with Crippen LogP contribution in [0.15, 0.2) is 85.3 Å². The van der Waals surface area contributed by atoms with Gasteiger partial charge in [0, 0.05) is 59.7 Å². The fourth-order valence-electron chi connectivity index (χ4n) is 10.1. The predicted octanol–water partition coefficient (Wildman–Crippen LogP) is 14.0. The van der Waals surface area contributed by atoms with E-state index in [0.717, 1.165) is 35.5 Å². The molecule has 71 heavy (non-hydrogen) atoms. The largest absolute Gasteiger partial charge is 0.339 e. The molecule has 2 aliphatic carbocycles. The van der Waals surface area contributed by atoms with Crippen molar-refractivity contribution in [3.63, 3.8) is 0 Å². The molecule has 11 nitrogen and oxygen atoms in total. The van der Waals surface area contributed by atoms with Crippen molar-refractivity contribution in [2.24, 2.45) is 7.05 Å². The first-order valence-electron chi connectivity index (χ1n) is 26.2. The van der Waals surface area contributed by atoms with Crippen molar-refractivity contribution in [2.45, 2.75) is 188 Å². The molecule has 378 valence electrons. The molecule has 11 rings (SSSR count). The Morgan fingerprint density at radius 2 is 1.06 bits per heavy atom. The van der Waals surface area contributed by atoms with Crippen LogP contribution in [-0.4, -0.2) is 68.0 Å². The number of pyridine rings is 1. The minimum Gasteiger partial charge on any atom is -0.339 e. The molecule has 3 aliphatic rings. The zero-order chi connectivity index (χ0) is 51.4. The third-order valence-corrected chi connectivity index (χ3v) is 15.3. The second kappa shape index (κ2) is 19.3. The van der Waals surface area contributed by atoms with Gasteiger partial charge in [0.25, 0.3) is 0 Å². The lowest BCUT2D eigenvalue weighted by Crippen LogP contribution is -2.50. The molecule has 2 saturated carbocycles. The number of benzene rings is 3. The Morgan fingerprint density at radius 3 is 1.51 bits per heavy atom. The highest BCUT2D eigenvalue weighted by atomic mass is 16.2. The molecule has 11 heteroatoms. The molecular formula is C60H82N10O. The van der Waals surface area contributed by atoms with Crippen LogP contribution in [0.5, 0.6) is 0 Å². The fraction of sp³-hybridized carbons (Fsp3) is 0.533. The van der Waals surface area contributed by atoms with Crippen molar-refractivity contribution in [1.29, 1.82) is 0 Å². The molecule has 5 aromatic heterocycles. The van der Waals surface area contributed by atoms with E-state index in [2.05, 4.69) is 196 Å². The number of nitrogens with zero attached hydrogens (tertiary/aromatic N) is 10. The number of rotatable bonds is 3. The molecule has 0 spiro atoms. The number of aromatic nitrogens is 9. The van der Waals surface area contributed by atoms with Crippen molar-refractivity contribution in [2.75, 3.05) is 13.1 Å². The summed E-state index contributed by atoms with van der Waals surface area (Å²) in [6.07, 6.45) is 15.1. The van der Waals surface area contributed by atoms with Gasteiger partial charge in [-0.3, -0.25) is 23.5 Å². The maximum absolute atomic E-state index is 11.3. The van der Waals surface area contributed by atoms with Gasteiger partial charge in [-0.15, -0.1) is 0 Å². The normalized spacial score (nSPS) is 16.5. The second-order valence-electron chi connectivity index (χ2n) is 25.2. The lowest BCUT2D eigenvalue weighted by atomic mass is 9.78. The molecule has 3 fully saturated rings. The molecular weight excluding hydrogens is 877 g/mol. The van der Waals surface area contributed by atoms with Crippen LogP contribution in [0, 0.1) is 6.92 Å². The van der Waals surface area contributed by atoms with Crippen LogP contribution in [-0.2, 0) is 39.0 Å². The summed E-state index contributed by atoms with van der Waals surface area (Å²) in [6, 6.07) is 25.3. The molecule has 0 atom stereocenters. The standard InChI is InChI=1S/C16H21N3O.2C16H22N2.C12H17N3/c1-11(20)18-9-14(10-18)19-15-7-13(16(2,3)4)6-5-12(15)8-17-19;1-15(2,3)13-7-6-12-11-17-18(14(12)10-13)16(4)8-5-9-16;1-16(2,3)13-9-8-12-11-17-18(15(12)10-13)14-6-4-5-7-14;1-8-9-6-7-10(12(2,3)4)13-11(9)15(5)14-8/h5-8,14H,9-10H2,1-4H3;6-7,10-11H,5,8-9H2,1-4H3;8-11,14H,4-7H2,1-3H3;6-7H,1-5H3. The Kier molecular flexibility index (Phi) is 14.0. The van der Waals surface area contributed by atoms with E-state index in [9.17, 15) is 4.79 Å². The quantitative estimate of drug-likeness (QED) is 0.175. The summed E-state index contributed by atoms with van der Waals surface area (Å²) in [5.41, 5.74) is 11.9. The van der Waals surface area contributed by atoms with Crippen LogP contribution in [0.25, 0.3) is 43.7 Å². The number of fused-ring (bicyclic) bond motifs is 4. The Balaban J connectivity index is 0.000000128. The SMILES string of the molecule is CC(=O)N1CC(n2ncc3ccc(C(C)(C)C)cc32)C1.CC(C)(C)c1ccc2cnn(C3(C)CCC3)c2c1.CC(C)(C)c1ccc2cnn(C3CCCC3)c2c1.Cc1nn(C)c2nc(C(C)(C)C)ccc12. The van der Waals surface area contributed by atoms with E-state index in [4.69, 9.17) is 0 Å². The van der Waals surface area contributed by atoms with Crippen molar-refractivity contribution >= 4 is 49.6 Å². The summed E-state index contributed by atoms with van der Waals surface area (Å²) in [6.45, 7) is 34.3. The Morgan fingerprint density at radius 1 is 0.592 bits per heavy atom. The Bertz CT molecular complexity index is 3150. The van der Waals surface area contributed by atoms with Gasteiger partial charge in [0.2, 0.25) is 5.91 Å². The van der Waals surface area contributed by atoms with E-state index < -0.39 is 0 Å². The molecule has 6 heterocycles. The van der Waals surface area contributed by atoms with E-state index in [1.165, 1.54) is 94.3 Å². The third-order valence-electron chi connectivity index (χ3n) is 15.3. The van der Waals surface area contributed by atoms with Gasteiger partial charge in [-0.05, 0) is 109 Å². The fourth-order valence-corrected chi connectivity index (χ4v) is 10.1. The first kappa shape index (κ1) is 51.5. The van der Waals surface area contributed by atoms with E-state index >= 15 is 0 Å². The topological polar surface area (TPSA) is 104 Å². The first-order chi connectivity index (χ1) is 33.2. The maximum Gasteiger partial charge on any atom is 0.219 e. The van der Waals surface area contributed by atoms with Gasteiger partial charge in [0.15, 0.2) is 5.65 Å². The third kappa shape index (κ3) is 11.0. The molecule has 8 aromatic rings. The predicted molar refractivity (Wildman–Crippen MR) is 294 cm³/mol. The van der Waals surface area contributed by atoms with Crippen LogP contribution in [0.3, 0.4) is 0 Å². The lowest BCUT2D eigenvalue weighted by Gasteiger charge is -2.39. The maximum atomic E-state index is 11.3. The molecule has 0 bridgehead atoms. The summed E-state index contributed by atoms with van der Waals surface area (Å²) in [5, 5.41) is 23.0. The Hall–Kier alpha value is -5.84. The van der Waals surface area contributed by atoms with Crippen LogP contribution in [0.1, 0.15) is 182 Å². The van der Waals surface area contributed by atoms with Gasteiger partial charge >= 0.3 is 0 Å². The zero-order valence-corrected chi connectivity index (χ0v) is 46.0. The number of carbonyl (C=O) groups excluding carboxylic acids is 1. The number of hydrogen-bond donors (Lipinski definition) is 0. The summed E-state index contributed by atoms with van der Waals surface area (Å²) < 4.78 is 8.43. The average Bonchev–Trinajstić information content (AvgIpc) is 4.12. The van der Waals surface area contributed by atoms with Crippen molar-refractivity contribution in [3.05, 3.63) is 113 Å². The number of likely N-dealkylation sites (tertiary alicyclic amines) is 1. The molecule has 0 unspecified atom stereocenters. The molecule has 1 aliphatic heterocycles. The number of amides is 1. The van der Waals surface area contributed by atoms with Gasteiger partial charge < -0.3 is 4.90 Å². The highest BCUT2D eigenvalue weighted by Gasteiger charge is 2.36.